The number of rotatable bonds is 3. The molecule has 0 bridgehead atoms. The SMILES string of the molecule is CCCc1nccn1-c1nc(C)cc(C#N)n1. The molecule has 0 fully saturated rings. The fraction of sp³-hybridized carbons (Fsp3) is 0.333. The summed E-state index contributed by atoms with van der Waals surface area (Å²) in [6.07, 6.45) is 5.42. The van der Waals surface area contributed by atoms with Gasteiger partial charge in [0.1, 0.15) is 17.6 Å². The van der Waals surface area contributed by atoms with Crippen LogP contribution in [0.1, 0.15) is 30.6 Å². The van der Waals surface area contributed by atoms with E-state index in [-0.39, 0.29) is 0 Å². The molecule has 2 rings (SSSR count). The van der Waals surface area contributed by atoms with Crippen LogP contribution in [0.3, 0.4) is 0 Å². The summed E-state index contributed by atoms with van der Waals surface area (Å²) < 4.78 is 1.83. The molecule has 0 atom stereocenters. The third-order valence-electron chi connectivity index (χ3n) is 2.36. The molecule has 86 valence electrons. The second kappa shape index (κ2) is 4.74. The maximum Gasteiger partial charge on any atom is 0.236 e. The van der Waals surface area contributed by atoms with Gasteiger partial charge in [0.2, 0.25) is 5.95 Å². The maximum absolute atomic E-state index is 8.89. The van der Waals surface area contributed by atoms with Gasteiger partial charge in [-0.3, -0.25) is 4.57 Å². The molecular weight excluding hydrogens is 214 g/mol. The minimum atomic E-state index is 0.378. The number of nitriles is 1. The minimum absolute atomic E-state index is 0.378. The van der Waals surface area contributed by atoms with Crippen molar-refractivity contribution in [1.82, 2.24) is 19.5 Å². The van der Waals surface area contributed by atoms with Crippen LogP contribution in [0, 0.1) is 18.3 Å². The fourth-order valence-electron chi connectivity index (χ4n) is 1.64. The normalized spacial score (nSPS) is 10.2. The minimum Gasteiger partial charge on any atom is -0.272 e. The number of nitrogens with zero attached hydrogens (tertiary/aromatic N) is 5. The van der Waals surface area contributed by atoms with Crippen molar-refractivity contribution < 1.29 is 0 Å². The largest absolute Gasteiger partial charge is 0.272 e. The average molecular weight is 227 g/mol. The van der Waals surface area contributed by atoms with Gasteiger partial charge in [-0.2, -0.15) is 5.26 Å². The summed E-state index contributed by atoms with van der Waals surface area (Å²) in [6.45, 7) is 3.94. The van der Waals surface area contributed by atoms with Crippen LogP contribution in [0.2, 0.25) is 0 Å². The summed E-state index contributed by atoms with van der Waals surface area (Å²) in [6, 6.07) is 3.70. The van der Waals surface area contributed by atoms with Crippen molar-refractivity contribution in [3.8, 4) is 12.0 Å². The van der Waals surface area contributed by atoms with Gasteiger partial charge in [0.15, 0.2) is 0 Å². The highest BCUT2D eigenvalue weighted by atomic mass is 15.2. The average Bonchev–Trinajstić information content (AvgIpc) is 2.77. The molecule has 0 saturated carbocycles. The topological polar surface area (TPSA) is 67.4 Å². The lowest BCUT2D eigenvalue weighted by Gasteiger charge is -2.06. The Hall–Kier alpha value is -2.22. The number of aryl methyl sites for hydroxylation is 2. The van der Waals surface area contributed by atoms with Crippen LogP contribution >= 0.6 is 0 Å². The van der Waals surface area contributed by atoms with Crippen LogP contribution in [0.25, 0.3) is 5.95 Å². The number of aromatic nitrogens is 4. The molecule has 2 aromatic rings. The van der Waals surface area contributed by atoms with Crippen molar-refractivity contribution in [3.05, 3.63) is 35.7 Å². The molecule has 2 heterocycles. The summed E-state index contributed by atoms with van der Waals surface area (Å²) in [5.41, 5.74) is 1.16. The van der Waals surface area contributed by atoms with E-state index in [1.165, 1.54) is 0 Å². The first-order chi connectivity index (χ1) is 8.24. The molecular formula is C12H13N5. The molecule has 0 radical (unpaired) electrons. The number of hydrogen-bond donors (Lipinski definition) is 0. The van der Waals surface area contributed by atoms with Gasteiger partial charge >= 0.3 is 0 Å². The van der Waals surface area contributed by atoms with Crippen LogP contribution in [0.4, 0.5) is 0 Å². The molecule has 0 unspecified atom stereocenters. The quantitative estimate of drug-likeness (QED) is 0.801. The van der Waals surface area contributed by atoms with Gasteiger partial charge in [-0.05, 0) is 19.4 Å². The van der Waals surface area contributed by atoms with Crippen LogP contribution in [0.15, 0.2) is 18.5 Å². The lowest BCUT2D eigenvalue weighted by atomic mass is 10.3. The zero-order valence-corrected chi connectivity index (χ0v) is 9.88. The first kappa shape index (κ1) is 11.3. The molecule has 17 heavy (non-hydrogen) atoms. The van der Waals surface area contributed by atoms with E-state index in [2.05, 4.69) is 21.9 Å². The number of hydrogen-bond acceptors (Lipinski definition) is 4. The summed E-state index contributed by atoms with van der Waals surface area (Å²) >= 11 is 0. The molecule has 0 aliphatic rings. The third kappa shape index (κ3) is 2.31. The van der Waals surface area contributed by atoms with Crippen LogP contribution in [-0.2, 0) is 6.42 Å². The van der Waals surface area contributed by atoms with E-state index in [0.717, 1.165) is 24.4 Å². The van der Waals surface area contributed by atoms with Crippen LogP contribution in [-0.4, -0.2) is 19.5 Å². The van der Waals surface area contributed by atoms with E-state index in [1.807, 2.05) is 23.8 Å². The van der Waals surface area contributed by atoms with Crippen LogP contribution < -0.4 is 0 Å². The van der Waals surface area contributed by atoms with Gasteiger partial charge in [0, 0.05) is 24.5 Å². The van der Waals surface area contributed by atoms with Gasteiger partial charge in [-0.15, -0.1) is 0 Å². The molecule has 0 spiro atoms. The molecule has 5 nitrogen and oxygen atoms in total. The Morgan fingerprint density at radius 2 is 2.24 bits per heavy atom. The predicted molar refractivity (Wildman–Crippen MR) is 62.6 cm³/mol. The van der Waals surface area contributed by atoms with E-state index in [9.17, 15) is 0 Å². The highest BCUT2D eigenvalue weighted by Crippen LogP contribution is 2.09. The van der Waals surface area contributed by atoms with Crippen molar-refractivity contribution in [3.63, 3.8) is 0 Å². The lowest BCUT2D eigenvalue weighted by molar-refractivity contribution is 0.777. The van der Waals surface area contributed by atoms with Crippen molar-refractivity contribution in [1.29, 1.82) is 5.26 Å². The summed E-state index contributed by atoms with van der Waals surface area (Å²) in [4.78, 5) is 12.8. The van der Waals surface area contributed by atoms with Crippen molar-refractivity contribution in [2.24, 2.45) is 0 Å². The summed E-state index contributed by atoms with van der Waals surface area (Å²) in [7, 11) is 0. The molecule has 0 N–H and O–H groups in total. The van der Waals surface area contributed by atoms with Gasteiger partial charge < -0.3 is 0 Å². The summed E-state index contributed by atoms with van der Waals surface area (Å²) in [5, 5.41) is 8.89. The van der Waals surface area contributed by atoms with Crippen LogP contribution in [0.5, 0.6) is 0 Å². The van der Waals surface area contributed by atoms with E-state index >= 15 is 0 Å². The Kier molecular flexibility index (Phi) is 3.15. The second-order valence-electron chi connectivity index (χ2n) is 3.77. The Balaban J connectivity index is 2.49. The smallest absolute Gasteiger partial charge is 0.236 e. The number of imidazole rings is 1. The van der Waals surface area contributed by atoms with Gasteiger partial charge in [0.05, 0.1) is 0 Å². The van der Waals surface area contributed by atoms with Gasteiger partial charge in [0.25, 0.3) is 0 Å². The van der Waals surface area contributed by atoms with Crippen molar-refractivity contribution >= 4 is 0 Å². The zero-order chi connectivity index (χ0) is 12.3. The second-order valence-corrected chi connectivity index (χ2v) is 3.77. The van der Waals surface area contributed by atoms with Gasteiger partial charge in [-0.25, -0.2) is 15.0 Å². The third-order valence-corrected chi connectivity index (χ3v) is 2.36. The van der Waals surface area contributed by atoms with E-state index in [4.69, 9.17) is 5.26 Å². The maximum atomic E-state index is 8.89. The summed E-state index contributed by atoms with van der Waals surface area (Å²) in [5.74, 6) is 1.43. The molecule has 0 amide bonds. The standard InChI is InChI=1S/C12H13N5/c1-3-4-11-14-5-6-17(11)12-15-9(2)7-10(8-13)16-12/h5-7H,3-4H2,1-2H3. The lowest BCUT2D eigenvalue weighted by Crippen LogP contribution is -2.07. The highest BCUT2D eigenvalue weighted by molar-refractivity contribution is 5.28. The predicted octanol–water partition coefficient (Wildman–Crippen LogP) is 1.79. The van der Waals surface area contributed by atoms with E-state index in [0.29, 0.717) is 11.6 Å². The highest BCUT2D eigenvalue weighted by Gasteiger charge is 2.08. The van der Waals surface area contributed by atoms with Crippen molar-refractivity contribution in [2.75, 3.05) is 0 Å². The fourth-order valence-corrected chi connectivity index (χ4v) is 1.64. The molecule has 0 saturated heterocycles. The zero-order valence-electron chi connectivity index (χ0n) is 9.88. The Morgan fingerprint density at radius 3 is 2.94 bits per heavy atom. The monoisotopic (exact) mass is 227 g/mol. The molecule has 0 aliphatic carbocycles. The van der Waals surface area contributed by atoms with E-state index < -0.39 is 0 Å². The molecule has 2 aromatic heterocycles. The Morgan fingerprint density at radius 1 is 1.41 bits per heavy atom. The molecule has 0 aliphatic heterocycles. The first-order valence-electron chi connectivity index (χ1n) is 5.53. The first-order valence-corrected chi connectivity index (χ1v) is 5.53. The molecule has 5 heteroatoms. The van der Waals surface area contributed by atoms with Crippen molar-refractivity contribution in [2.45, 2.75) is 26.7 Å². The Bertz CT molecular complexity index is 565. The Labute approximate surface area is 99.8 Å². The molecule has 0 aromatic carbocycles. The van der Waals surface area contributed by atoms with Gasteiger partial charge in [-0.1, -0.05) is 6.92 Å². The van der Waals surface area contributed by atoms with E-state index in [1.54, 1.807) is 12.3 Å².